The summed E-state index contributed by atoms with van der Waals surface area (Å²) in [5.41, 5.74) is 7.80. The normalized spacial score (nSPS) is 14.8. The molecule has 0 spiro atoms. The molecule has 5 heteroatoms. The Bertz CT molecular complexity index is 566. The van der Waals surface area contributed by atoms with Crippen molar-refractivity contribution in [2.45, 2.75) is 32.1 Å². The Labute approximate surface area is 118 Å². The van der Waals surface area contributed by atoms with Crippen LogP contribution in [0.5, 0.6) is 11.5 Å². The molecule has 1 aromatic carbocycles. The summed E-state index contributed by atoms with van der Waals surface area (Å²) in [6, 6.07) is 3.91. The van der Waals surface area contributed by atoms with E-state index in [1.165, 1.54) is 0 Å². The zero-order valence-corrected chi connectivity index (χ0v) is 12.0. The van der Waals surface area contributed by atoms with Gasteiger partial charge in [-0.15, -0.1) is 0 Å². The van der Waals surface area contributed by atoms with E-state index in [9.17, 15) is 0 Å². The molecule has 0 radical (unpaired) electrons. The van der Waals surface area contributed by atoms with E-state index >= 15 is 0 Å². The number of aromatic amines is 1. The summed E-state index contributed by atoms with van der Waals surface area (Å²) in [5, 5.41) is 0. The number of rotatable bonds is 4. The number of nitrogens with two attached hydrogens (primary N) is 1. The van der Waals surface area contributed by atoms with Gasteiger partial charge < -0.3 is 20.2 Å². The fourth-order valence-electron chi connectivity index (χ4n) is 2.77. The van der Waals surface area contributed by atoms with E-state index < -0.39 is 0 Å². The maximum absolute atomic E-state index is 6.00. The molecule has 0 bridgehead atoms. The fraction of sp³-hybridized carbons (Fsp3) is 0.533. The molecule has 2 heterocycles. The first-order valence-corrected chi connectivity index (χ1v) is 7.22. The molecule has 3 rings (SSSR count). The largest absolute Gasteiger partial charge is 0.486 e. The Morgan fingerprint density at radius 3 is 2.45 bits per heavy atom. The molecule has 108 valence electrons. The van der Waals surface area contributed by atoms with Gasteiger partial charge in [-0.05, 0) is 12.8 Å². The van der Waals surface area contributed by atoms with Crippen molar-refractivity contribution in [2.75, 3.05) is 19.8 Å². The summed E-state index contributed by atoms with van der Waals surface area (Å²) in [5.74, 6) is 2.51. The Balaban J connectivity index is 2.10. The van der Waals surface area contributed by atoms with Gasteiger partial charge in [-0.3, -0.25) is 0 Å². The lowest BCUT2D eigenvalue weighted by atomic mass is 9.82. The molecule has 0 saturated carbocycles. The van der Waals surface area contributed by atoms with Crippen molar-refractivity contribution in [3.05, 3.63) is 18.0 Å². The molecule has 1 aliphatic rings. The molecule has 0 amide bonds. The Hall–Kier alpha value is -1.75. The number of H-pyrrole nitrogens is 1. The summed E-state index contributed by atoms with van der Waals surface area (Å²) < 4.78 is 11.2. The van der Waals surface area contributed by atoms with E-state index in [1.807, 2.05) is 12.1 Å². The second kappa shape index (κ2) is 4.98. The molecule has 0 fully saturated rings. The number of nitrogens with zero attached hydrogens (tertiary/aromatic N) is 1. The molecule has 1 aromatic heterocycles. The Morgan fingerprint density at radius 2 is 1.85 bits per heavy atom. The second-order valence-corrected chi connectivity index (χ2v) is 5.29. The number of hydrogen-bond donors (Lipinski definition) is 2. The number of nitrogens with one attached hydrogen (secondary N) is 1. The van der Waals surface area contributed by atoms with E-state index in [0.29, 0.717) is 19.8 Å². The van der Waals surface area contributed by atoms with Crippen molar-refractivity contribution in [1.82, 2.24) is 9.97 Å². The van der Waals surface area contributed by atoms with E-state index in [-0.39, 0.29) is 5.41 Å². The van der Waals surface area contributed by atoms with Crippen LogP contribution in [0.2, 0.25) is 0 Å². The van der Waals surface area contributed by atoms with Crippen LogP contribution in [0.3, 0.4) is 0 Å². The molecular formula is C15H21N3O2. The quantitative estimate of drug-likeness (QED) is 0.898. The molecule has 0 unspecified atom stereocenters. The van der Waals surface area contributed by atoms with Gasteiger partial charge in [0.05, 0.1) is 11.0 Å². The van der Waals surface area contributed by atoms with E-state index in [0.717, 1.165) is 41.2 Å². The minimum atomic E-state index is -0.0821. The van der Waals surface area contributed by atoms with Crippen LogP contribution in [0.15, 0.2) is 12.1 Å². The predicted octanol–water partition coefficient (Wildman–Crippen LogP) is 2.35. The number of hydrogen-bond acceptors (Lipinski definition) is 4. The van der Waals surface area contributed by atoms with Gasteiger partial charge >= 0.3 is 0 Å². The molecule has 20 heavy (non-hydrogen) atoms. The minimum absolute atomic E-state index is 0.0821. The molecular weight excluding hydrogens is 254 g/mol. The first-order valence-electron chi connectivity index (χ1n) is 7.22. The Morgan fingerprint density at radius 1 is 1.20 bits per heavy atom. The third kappa shape index (κ3) is 1.93. The van der Waals surface area contributed by atoms with Crippen molar-refractivity contribution >= 4 is 11.0 Å². The van der Waals surface area contributed by atoms with E-state index in [1.54, 1.807) is 0 Å². The molecule has 0 aliphatic carbocycles. The average Bonchev–Trinajstić information content (AvgIpc) is 2.90. The molecule has 2 aromatic rings. The third-order valence-electron chi connectivity index (χ3n) is 4.39. The summed E-state index contributed by atoms with van der Waals surface area (Å²) in [6.45, 7) is 6.08. The van der Waals surface area contributed by atoms with Gasteiger partial charge in [-0.1, -0.05) is 13.8 Å². The highest BCUT2D eigenvalue weighted by Crippen LogP contribution is 2.36. The number of fused-ring (bicyclic) bond motifs is 2. The van der Waals surface area contributed by atoms with Gasteiger partial charge in [0.2, 0.25) is 0 Å². The lowest BCUT2D eigenvalue weighted by Crippen LogP contribution is -2.35. The van der Waals surface area contributed by atoms with Gasteiger partial charge in [0.1, 0.15) is 19.0 Å². The minimum Gasteiger partial charge on any atom is -0.486 e. The van der Waals surface area contributed by atoms with Gasteiger partial charge in [-0.25, -0.2) is 4.98 Å². The van der Waals surface area contributed by atoms with Gasteiger partial charge in [0, 0.05) is 24.1 Å². The molecule has 5 nitrogen and oxygen atoms in total. The zero-order valence-electron chi connectivity index (χ0n) is 12.0. The topological polar surface area (TPSA) is 73.2 Å². The van der Waals surface area contributed by atoms with Crippen molar-refractivity contribution in [2.24, 2.45) is 5.73 Å². The number of ether oxygens (including phenoxy) is 2. The number of imidazole rings is 1. The summed E-state index contributed by atoms with van der Waals surface area (Å²) in [4.78, 5) is 8.15. The molecule has 0 saturated heterocycles. The van der Waals surface area contributed by atoms with Crippen LogP contribution in [0.4, 0.5) is 0 Å². The molecule has 0 atom stereocenters. The second-order valence-electron chi connectivity index (χ2n) is 5.29. The standard InChI is InChI=1S/C15H21N3O2/c1-3-15(4-2,9-16)14-17-10-7-12-13(8-11(10)18-14)20-6-5-19-12/h7-8H,3-6,9,16H2,1-2H3,(H,17,18). The van der Waals surface area contributed by atoms with Gasteiger partial charge in [-0.2, -0.15) is 0 Å². The van der Waals surface area contributed by atoms with Crippen LogP contribution in [-0.2, 0) is 5.41 Å². The van der Waals surface area contributed by atoms with Crippen molar-refractivity contribution < 1.29 is 9.47 Å². The van der Waals surface area contributed by atoms with Crippen LogP contribution in [0, 0.1) is 0 Å². The molecule has 3 N–H and O–H groups in total. The predicted molar refractivity (Wildman–Crippen MR) is 78.4 cm³/mol. The van der Waals surface area contributed by atoms with Gasteiger partial charge in [0.15, 0.2) is 11.5 Å². The van der Waals surface area contributed by atoms with E-state index in [4.69, 9.17) is 20.2 Å². The van der Waals surface area contributed by atoms with Crippen LogP contribution >= 0.6 is 0 Å². The lowest BCUT2D eigenvalue weighted by molar-refractivity contribution is 0.172. The average molecular weight is 275 g/mol. The lowest BCUT2D eigenvalue weighted by Gasteiger charge is -2.27. The SMILES string of the molecule is CCC(CC)(CN)c1nc2cc3c(cc2[nH]1)OCCO3. The monoisotopic (exact) mass is 275 g/mol. The van der Waals surface area contributed by atoms with Crippen LogP contribution in [-0.4, -0.2) is 29.7 Å². The van der Waals surface area contributed by atoms with Crippen molar-refractivity contribution in [3.63, 3.8) is 0 Å². The summed E-state index contributed by atoms with van der Waals surface area (Å²) in [7, 11) is 0. The highest BCUT2D eigenvalue weighted by molar-refractivity contribution is 5.80. The summed E-state index contributed by atoms with van der Waals surface area (Å²) >= 11 is 0. The van der Waals surface area contributed by atoms with Crippen LogP contribution in [0.25, 0.3) is 11.0 Å². The molecule has 1 aliphatic heterocycles. The van der Waals surface area contributed by atoms with Crippen LogP contribution < -0.4 is 15.2 Å². The zero-order chi connectivity index (χ0) is 14.2. The van der Waals surface area contributed by atoms with Gasteiger partial charge in [0.25, 0.3) is 0 Å². The third-order valence-corrected chi connectivity index (χ3v) is 4.39. The van der Waals surface area contributed by atoms with E-state index in [2.05, 4.69) is 18.8 Å². The highest BCUT2D eigenvalue weighted by atomic mass is 16.6. The maximum atomic E-state index is 6.00. The van der Waals surface area contributed by atoms with Crippen molar-refractivity contribution in [3.8, 4) is 11.5 Å². The first-order chi connectivity index (χ1) is 9.72. The Kier molecular flexibility index (Phi) is 3.30. The maximum Gasteiger partial charge on any atom is 0.163 e. The fourth-order valence-corrected chi connectivity index (χ4v) is 2.77. The highest BCUT2D eigenvalue weighted by Gasteiger charge is 2.30. The number of aromatic nitrogens is 2. The smallest absolute Gasteiger partial charge is 0.163 e. The first kappa shape index (κ1) is 13.2. The number of benzene rings is 1. The van der Waals surface area contributed by atoms with Crippen molar-refractivity contribution in [1.29, 1.82) is 0 Å². The summed E-state index contributed by atoms with van der Waals surface area (Å²) in [6.07, 6.45) is 1.93. The van der Waals surface area contributed by atoms with Crippen LogP contribution in [0.1, 0.15) is 32.5 Å².